The van der Waals surface area contributed by atoms with Gasteiger partial charge in [-0.25, -0.2) is 4.79 Å². The van der Waals surface area contributed by atoms with Gasteiger partial charge in [0.2, 0.25) is 11.8 Å². The van der Waals surface area contributed by atoms with E-state index in [4.69, 9.17) is 4.74 Å². The van der Waals surface area contributed by atoms with E-state index in [0.29, 0.717) is 24.4 Å². The highest BCUT2D eigenvalue weighted by Crippen LogP contribution is 2.25. The first-order valence-corrected chi connectivity index (χ1v) is 8.52. The Bertz CT molecular complexity index is 802. The topological polar surface area (TPSA) is 75.7 Å². The molecule has 0 bridgehead atoms. The van der Waals surface area contributed by atoms with Crippen LogP contribution in [0.2, 0.25) is 0 Å². The van der Waals surface area contributed by atoms with E-state index in [1.54, 1.807) is 36.1 Å². The molecule has 0 saturated carbocycles. The molecule has 1 atom stereocenters. The lowest BCUT2D eigenvalue weighted by molar-refractivity contribution is -0.122. The summed E-state index contributed by atoms with van der Waals surface area (Å²) in [7, 11) is 0. The van der Waals surface area contributed by atoms with Gasteiger partial charge in [-0.3, -0.25) is 9.59 Å². The Morgan fingerprint density at radius 3 is 2.46 bits per heavy atom. The third-order valence-corrected chi connectivity index (χ3v) is 4.23. The second kappa shape index (κ2) is 7.82. The summed E-state index contributed by atoms with van der Waals surface area (Å²) in [4.78, 5) is 38.0. The summed E-state index contributed by atoms with van der Waals surface area (Å²) >= 11 is 0. The van der Waals surface area contributed by atoms with Gasteiger partial charge in [0.25, 0.3) is 0 Å². The van der Waals surface area contributed by atoms with Gasteiger partial charge in [-0.1, -0.05) is 18.2 Å². The molecule has 3 rings (SSSR count). The summed E-state index contributed by atoms with van der Waals surface area (Å²) < 4.78 is 4.93. The minimum Gasteiger partial charge on any atom is -0.462 e. The summed E-state index contributed by atoms with van der Waals surface area (Å²) in [6, 6.07) is 15.8. The van der Waals surface area contributed by atoms with Gasteiger partial charge in [0.05, 0.1) is 18.1 Å². The van der Waals surface area contributed by atoms with E-state index >= 15 is 0 Å². The highest BCUT2D eigenvalue weighted by atomic mass is 16.5. The molecule has 6 nitrogen and oxygen atoms in total. The zero-order valence-electron chi connectivity index (χ0n) is 14.5. The highest BCUT2D eigenvalue weighted by molar-refractivity contribution is 6.03. The lowest BCUT2D eigenvalue weighted by Crippen LogP contribution is -2.28. The Labute approximate surface area is 151 Å². The number of hydrogen-bond acceptors (Lipinski definition) is 4. The van der Waals surface area contributed by atoms with Crippen molar-refractivity contribution < 1.29 is 19.1 Å². The van der Waals surface area contributed by atoms with E-state index in [2.05, 4.69) is 5.32 Å². The second-order valence-corrected chi connectivity index (χ2v) is 6.03. The normalized spacial score (nSPS) is 16.4. The SMILES string of the molecule is CCOC(=O)c1ccc(NC(=O)[C@H]2CC(=O)N(c3ccccc3)C2)cc1. The number of amides is 2. The van der Waals surface area contributed by atoms with Crippen LogP contribution in [0.15, 0.2) is 54.6 Å². The number of benzene rings is 2. The van der Waals surface area contributed by atoms with Gasteiger partial charge in [-0.05, 0) is 43.3 Å². The Balaban J connectivity index is 1.62. The number of hydrogen-bond donors (Lipinski definition) is 1. The Hall–Kier alpha value is -3.15. The third kappa shape index (κ3) is 3.91. The molecule has 1 aliphatic heterocycles. The third-order valence-electron chi connectivity index (χ3n) is 4.23. The molecule has 0 aromatic heterocycles. The van der Waals surface area contributed by atoms with Crippen LogP contribution in [-0.2, 0) is 14.3 Å². The average molecular weight is 352 g/mol. The fourth-order valence-corrected chi connectivity index (χ4v) is 2.89. The zero-order valence-corrected chi connectivity index (χ0v) is 14.5. The monoisotopic (exact) mass is 352 g/mol. The van der Waals surface area contributed by atoms with E-state index in [1.165, 1.54) is 0 Å². The predicted molar refractivity (Wildman–Crippen MR) is 97.9 cm³/mol. The summed E-state index contributed by atoms with van der Waals surface area (Å²) in [6.45, 7) is 2.41. The van der Waals surface area contributed by atoms with Gasteiger partial charge >= 0.3 is 5.97 Å². The lowest BCUT2D eigenvalue weighted by Gasteiger charge is -2.16. The number of anilines is 2. The van der Waals surface area contributed by atoms with Crippen LogP contribution in [0.1, 0.15) is 23.7 Å². The van der Waals surface area contributed by atoms with E-state index in [0.717, 1.165) is 5.69 Å². The maximum absolute atomic E-state index is 12.5. The van der Waals surface area contributed by atoms with Gasteiger partial charge < -0.3 is 15.0 Å². The highest BCUT2D eigenvalue weighted by Gasteiger charge is 2.35. The lowest BCUT2D eigenvalue weighted by atomic mass is 10.1. The minimum absolute atomic E-state index is 0.0611. The Kier molecular flexibility index (Phi) is 5.31. The molecule has 134 valence electrons. The molecule has 26 heavy (non-hydrogen) atoms. The standard InChI is InChI=1S/C20H20N2O4/c1-2-26-20(25)14-8-10-16(11-9-14)21-19(24)15-12-18(23)22(13-15)17-6-4-3-5-7-17/h3-11,15H,2,12-13H2,1H3,(H,21,24)/t15-/m0/s1. The zero-order chi connectivity index (χ0) is 18.5. The van der Waals surface area contributed by atoms with Gasteiger partial charge in [0.1, 0.15) is 0 Å². The molecule has 1 aliphatic rings. The van der Waals surface area contributed by atoms with Crippen molar-refractivity contribution in [2.24, 2.45) is 5.92 Å². The van der Waals surface area contributed by atoms with Crippen LogP contribution in [0.25, 0.3) is 0 Å². The molecule has 2 aromatic rings. The molecule has 0 radical (unpaired) electrons. The van der Waals surface area contributed by atoms with Crippen molar-refractivity contribution in [3.63, 3.8) is 0 Å². The predicted octanol–water partition coefficient (Wildman–Crippen LogP) is 2.85. The summed E-state index contributed by atoms with van der Waals surface area (Å²) in [5.41, 5.74) is 1.80. The maximum atomic E-state index is 12.5. The molecule has 1 fully saturated rings. The van der Waals surface area contributed by atoms with Gasteiger partial charge in [0.15, 0.2) is 0 Å². The molecule has 0 unspecified atom stereocenters. The molecule has 0 spiro atoms. The van der Waals surface area contributed by atoms with Crippen molar-refractivity contribution in [3.05, 3.63) is 60.2 Å². The molecule has 2 amide bonds. The summed E-state index contributed by atoms with van der Waals surface area (Å²) in [6.07, 6.45) is 0.182. The number of para-hydroxylation sites is 1. The van der Waals surface area contributed by atoms with E-state index < -0.39 is 11.9 Å². The molecule has 0 aliphatic carbocycles. The molecule has 2 aromatic carbocycles. The molecular weight excluding hydrogens is 332 g/mol. The number of carbonyl (C=O) groups excluding carboxylic acids is 3. The molecule has 1 N–H and O–H groups in total. The van der Waals surface area contributed by atoms with Crippen molar-refractivity contribution in [1.29, 1.82) is 0 Å². The first-order chi connectivity index (χ1) is 12.6. The van der Waals surface area contributed by atoms with Crippen LogP contribution >= 0.6 is 0 Å². The van der Waals surface area contributed by atoms with E-state index in [9.17, 15) is 14.4 Å². The van der Waals surface area contributed by atoms with E-state index in [1.807, 2.05) is 30.3 Å². The van der Waals surface area contributed by atoms with E-state index in [-0.39, 0.29) is 18.2 Å². The largest absolute Gasteiger partial charge is 0.462 e. The maximum Gasteiger partial charge on any atom is 0.338 e. The van der Waals surface area contributed by atoms with Gasteiger partial charge in [0, 0.05) is 24.3 Å². The van der Waals surface area contributed by atoms with Crippen molar-refractivity contribution >= 4 is 29.2 Å². The Morgan fingerprint density at radius 1 is 1.12 bits per heavy atom. The smallest absolute Gasteiger partial charge is 0.338 e. The van der Waals surface area contributed by atoms with Crippen molar-refractivity contribution in [1.82, 2.24) is 0 Å². The van der Waals surface area contributed by atoms with Crippen LogP contribution < -0.4 is 10.2 Å². The first kappa shape index (κ1) is 17.7. The number of ether oxygens (including phenoxy) is 1. The summed E-state index contributed by atoms with van der Waals surface area (Å²) in [5, 5.41) is 2.80. The molecule has 1 heterocycles. The number of esters is 1. The quantitative estimate of drug-likeness (QED) is 0.840. The van der Waals surface area contributed by atoms with Crippen LogP contribution in [-0.4, -0.2) is 30.9 Å². The number of rotatable bonds is 5. The molecule has 6 heteroatoms. The Morgan fingerprint density at radius 2 is 1.81 bits per heavy atom. The first-order valence-electron chi connectivity index (χ1n) is 8.52. The second-order valence-electron chi connectivity index (χ2n) is 6.03. The average Bonchev–Trinajstić information content (AvgIpc) is 3.05. The number of nitrogens with zero attached hydrogens (tertiary/aromatic N) is 1. The molecule has 1 saturated heterocycles. The minimum atomic E-state index is -0.410. The van der Waals surface area contributed by atoms with Crippen LogP contribution in [0.4, 0.5) is 11.4 Å². The van der Waals surface area contributed by atoms with Crippen LogP contribution in [0, 0.1) is 5.92 Å². The van der Waals surface area contributed by atoms with Crippen molar-refractivity contribution in [2.75, 3.05) is 23.4 Å². The number of nitrogens with one attached hydrogen (secondary N) is 1. The fraction of sp³-hybridized carbons (Fsp3) is 0.250. The van der Waals surface area contributed by atoms with Gasteiger partial charge in [-0.15, -0.1) is 0 Å². The van der Waals surface area contributed by atoms with Crippen LogP contribution in [0.3, 0.4) is 0 Å². The number of carbonyl (C=O) groups is 3. The fourth-order valence-electron chi connectivity index (χ4n) is 2.89. The molecular formula is C20H20N2O4. The van der Waals surface area contributed by atoms with Crippen molar-refractivity contribution in [3.8, 4) is 0 Å². The van der Waals surface area contributed by atoms with Crippen molar-refractivity contribution in [2.45, 2.75) is 13.3 Å². The van der Waals surface area contributed by atoms with Crippen LogP contribution in [0.5, 0.6) is 0 Å². The summed E-state index contributed by atoms with van der Waals surface area (Å²) in [5.74, 6) is -1.08. The van der Waals surface area contributed by atoms with Gasteiger partial charge in [-0.2, -0.15) is 0 Å².